The normalized spacial score (nSPS) is 19.4. The molecule has 1 aromatic rings. The molecular formula is C19H29BrN2O2. The molecule has 1 aliphatic rings. The first kappa shape index (κ1) is 19.3. The first-order chi connectivity index (χ1) is 11.3. The van der Waals surface area contributed by atoms with Crippen molar-refractivity contribution in [3.8, 4) is 0 Å². The molecule has 24 heavy (non-hydrogen) atoms. The van der Waals surface area contributed by atoms with Crippen molar-refractivity contribution >= 4 is 22.0 Å². The van der Waals surface area contributed by atoms with Crippen LogP contribution in [0.4, 0.5) is 4.79 Å². The van der Waals surface area contributed by atoms with E-state index in [2.05, 4.69) is 52.4 Å². The standard InChI is InChI=1S/C19H29BrN2O2/c1-14(15-7-9-16(20)10-8-15)21-12-11-17-6-5-13-22(17)18(23)24-19(2,3)4/h7-10,14,17,21H,5-6,11-13H2,1-4H3. The molecule has 0 aromatic heterocycles. The Hall–Kier alpha value is -1.07. The summed E-state index contributed by atoms with van der Waals surface area (Å²) >= 11 is 3.46. The lowest BCUT2D eigenvalue weighted by Crippen LogP contribution is -2.41. The Morgan fingerprint density at radius 3 is 2.67 bits per heavy atom. The van der Waals surface area contributed by atoms with Gasteiger partial charge in [0.2, 0.25) is 0 Å². The predicted molar refractivity (Wildman–Crippen MR) is 101 cm³/mol. The van der Waals surface area contributed by atoms with Crippen LogP contribution in [0.3, 0.4) is 0 Å². The van der Waals surface area contributed by atoms with E-state index in [0.29, 0.717) is 6.04 Å². The van der Waals surface area contributed by atoms with Crippen molar-refractivity contribution in [2.75, 3.05) is 13.1 Å². The van der Waals surface area contributed by atoms with E-state index in [1.807, 2.05) is 25.7 Å². The third kappa shape index (κ3) is 5.78. The number of nitrogens with zero attached hydrogens (tertiary/aromatic N) is 1. The summed E-state index contributed by atoms with van der Waals surface area (Å²) in [6.07, 6.45) is 2.91. The van der Waals surface area contributed by atoms with Gasteiger partial charge in [0.1, 0.15) is 5.60 Å². The predicted octanol–water partition coefficient (Wildman–Crippen LogP) is 4.89. The fourth-order valence-corrected chi connectivity index (χ4v) is 3.30. The summed E-state index contributed by atoms with van der Waals surface area (Å²) in [7, 11) is 0. The molecule has 134 valence electrons. The van der Waals surface area contributed by atoms with Gasteiger partial charge >= 0.3 is 6.09 Å². The number of nitrogens with one attached hydrogen (secondary N) is 1. The highest BCUT2D eigenvalue weighted by Gasteiger charge is 2.31. The molecule has 0 aliphatic carbocycles. The number of carbonyl (C=O) groups excluding carboxylic acids is 1. The number of rotatable bonds is 5. The zero-order valence-electron chi connectivity index (χ0n) is 15.1. The molecule has 2 rings (SSSR count). The second-order valence-electron chi connectivity index (χ2n) is 7.49. The third-order valence-electron chi connectivity index (χ3n) is 4.30. The maximum Gasteiger partial charge on any atom is 0.410 e. The van der Waals surface area contributed by atoms with E-state index in [4.69, 9.17) is 4.74 Å². The molecule has 1 N–H and O–H groups in total. The van der Waals surface area contributed by atoms with Crippen LogP contribution in [0.5, 0.6) is 0 Å². The molecule has 2 atom stereocenters. The lowest BCUT2D eigenvalue weighted by Gasteiger charge is -2.29. The minimum Gasteiger partial charge on any atom is -0.444 e. The van der Waals surface area contributed by atoms with Gasteiger partial charge in [-0.15, -0.1) is 0 Å². The summed E-state index contributed by atoms with van der Waals surface area (Å²) < 4.78 is 6.62. The van der Waals surface area contributed by atoms with Crippen LogP contribution in [0.2, 0.25) is 0 Å². The highest BCUT2D eigenvalue weighted by atomic mass is 79.9. The Kier molecular flexibility index (Phi) is 6.70. The number of halogens is 1. The molecule has 1 amide bonds. The zero-order chi connectivity index (χ0) is 17.7. The van der Waals surface area contributed by atoms with E-state index in [1.165, 1.54) is 5.56 Å². The Labute approximate surface area is 154 Å². The number of hydrogen-bond donors (Lipinski definition) is 1. The van der Waals surface area contributed by atoms with Crippen LogP contribution in [-0.4, -0.2) is 35.7 Å². The number of carbonyl (C=O) groups is 1. The molecule has 1 fully saturated rings. The lowest BCUT2D eigenvalue weighted by molar-refractivity contribution is 0.0220. The van der Waals surface area contributed by atoms with Gasteiger partial charge in [0, 0.05) is 23.1 Å². The average molecular weight is 397 g/mol. The average Bonchev–Trinajstić information content (AvgIpc) is 2.94. The van der Waals surface area contributed by atoms with Crippen molar-refractivity contribution in [2.24, 2.45) is 0 Å². The van der Waals surface area contributed by atoms with Crippen LogP contribution in [0, 0.1) is 0 Å². The van der Waals surface area contributed by atoms with E-state index >= 15 is 0 Å². The van der Waals surface area contributed by atoms with Gasteiger partial charge in [0.25, 0.3) is 0 Å². The van der Waals surface area contributed by atoms with Crippen molar-refractivity contribution in [1.82, 2.24) is 10.2 Å². The second kappa shape index (κ2) is 8.34. The van der Waals surface area contributed by atoms with Gasteiger partial charge in [0.05, 0.1) is 0 Å². The first-order valence-electron chi connectivity index (χ1n) is 8.75. The van der Waals surface area contributed by atoms with Crippen LogP contribution in [-0.2, 0) is 4.74 Å². The van der Waals surface area contributed by atoms with E-state index < -0.39 is 5.60 Å². The molecule has 5 heteroatoms. The second-order valence-corrected chi connectivity index (χ2v) is 8.40. The quantitative estimate of drug-likeness (QED) is 0.769. The molecule has 0 radical (unpaired) electrons. The molecule has 2 unspecified atom stereocenters. The summed E-state index contributed by atoms with van der Waals surface area (Å²) in [5.74, 6) is 0. The SMILES string of the molecule is CC(NCCC1CCCN1C(=O)OC(C)(C)C)c1ccc(Br)cc1. The number of hydrogen-bond acceptors (Lipinski definition) is 3. The van der Waals surface area contributed by atoms with Crippen LogP contribution in [0.25, 0.3) is 0 Å². The number of amides is 1. The molecule has 1 aliphatic heterocycles. The molecule has 0 saturated carbocycles. The minimum atomic E-state index is -0.432. The molecule has 0 bridgehead atoms. The van der Waals surface area contributed by atoms with Crippen LogP contribution >= 0.6 is 15.9 Å². The Balaban J connectivity index is 1.80. The molecule has 1 aromatic carbocycles. The molecule has 1 heterocycles. The fourth-order valence-electron chi connectivity index (χ4n) is 3.03. The summed E-state index contributed by atoms with van der Waals surface area (Å²) in [4.78, 5) is 14.2. The lowest BCUT2D eigenvalue weighted by atomic mass is 10.1. The Bertz CT molecular complexity index is 539. The third-order valence-corrected chi connectivity index (χ3v) is 4.83. The monoisotopic (exact) mass is 396 g/mol. The summed E-state index contributed by atoms with van der Waals surface area (Å²) in [5.41, 5.74) is 0.840. The van der Waals surface area contributed by atoms with Gasteiger partial charge in [0.15, 0.2) is 0 Å². The summed E-state index contributed by atoms with van der Waals surface area (Å²) in [6.45, 7) is 9.61. The van der Waals surface area contributed by atoms with Gasteiger partial charge in [-0.25, -0.2) is 4.79 Å². The maximum atomic E-state index is 12.3. The number of ether oxygens (including phenoxy) is 1. The van der Waals surface area contributed by atoms with Gasteiger partial charge in [-0.05, 0) is 71.2 Å². The summed E-state index contributed by atoms with van der Waals surface area (Å²) in [6, 6.07) is 8.97. The van der Waals surface area contributed by atoms with Crippen LogP contribution < -0.4 is 5.32 Å². The highest BCUT2D eigenvalue weighted by molar-refractivity contribution is 9.10. The summed E-state index contributed by atoms with van der Waals surface area (Å²) in [5, 5.41) is 3.56. The molecule has 4 nitrogen and oxygen atoms in total. The van der Waals surface area contributed by atoms with Gasteiger partial charge in [-0.3, -0.25) is 0 Å². The zero-order valence-corrected chi connectivity index (χ0v) is 16.7. The van der Waals surface area contributed by atoms with Crippen LogP contribution in [0.1, 0.15) is 58.6 Å². The van der Waals surface area contributed by atoms with E-state index in [9.17, 15) is 4.79 Å². The topological polar surface area (TPSA) is 41.6 Å². The van der Waals surface area contributed by atoms with Crippen molar-refractivity contribution in [3.63, 3.8) is 0 Å². The molecule has 1 saturated heterocycles. The van der Waals surface area contributed by atoms with Crippen molar-refractivity contribution in [3.05, 3.63) is 34.3 Å². The number of likely N-dealkylation sites (tertiary alicyclic amines) is 1. The first-order valence-corrected chi connectivity index (χ1v) is 9.54. The van der Waals surface area contributed by atoms with Gasteiger partial charge in [-0.1, -0.05) is 28.1 Å². The van der Waals surface area contributed by atoms with E-state index in [0.717, 1.165) is 36.8 Å². The number of benzene rings is 1. The minimum absolute atomic E-state index is 0.175. The Morgan fingerprint density at radius 2 is 2.04 bits per heavy atom. The van der Waals surface area contributed by atoms with E-state index in [1.54, 1.807) is 0 Å². The van der Waals surface area contributed by atoms with Crippen molar-refractivity contribution in [2.45, 2.75) is 64.6 Å². The Morgan fingerprint density at radius 1 is 1.38 bits per heavy atom. The fraction of sp³-hybridized carbons (Fsp3) is 0.632. The molecular weight excluding hydrogens is 368 g/mol. The van der Waals surface area contributed by atoms with Gasteiger partial charge in [-0.2, -0.15) is 0 Å². The van der Waals surface area contributed by atoms with Gasteiger partial charge < -0.3 is 15.0 Å². The smallest absolute Gasteiger partial charge is 0.410 e. The maximum absolute atomic E-state index is 12.3. The largest absolute Gasteiger partial charge is 0.444 e. The van der Waals surface area contributed by atoms with Crippen molar-refractivity contribution < 1.29 is 9.53 Å². The molecule has 0 spiro atoms. The van der Waals surface area contributed by atoms with E-state index in [-0.39, 0.29) is 12.1 Å². The highest BCUT2D eigenvalue weighted by Crippen LogP contribution is 2.23. The van der Waals surface area contributed by atoms with Crippen LogP contribution in [0.15, 0.2) is 28.7 Å². The van der Waals surface area contributed by atoms with Crippen molar-refractivity contribution in [1.29, 1.82) is 0 Å².